The number of ether oxygens (including phenoxy) is 1. The van der Waals surface area contributed by atoms with Crippen LogP contribution in [0.15, 0.2) is 36.5 Å². The van der Waals surface area contributed by atoms with E-state index in [9.17, 15) is 5.11 Å². The quantitative estimate of drug-likeness (QED) is 0.754. The summed E-state index contributed by atoms with van der Waals surface area (Å²) >= 11 is 0. The first-order valence-corrected chi connectivity index (χ1v) is 8.51. The Balaban J connectivity index is 1.56. The van der Waals surface area contributed by atoms with Crippen molar-refractivity contribution in [1.82, 2.24) is 15.2 Å². The Morgan fingerprint density at radius 2 is 2.08 bits per heavy atom. The highest BCUT2D eigenvalue weighted by molar-refractivity contribution is 5.84. The summed E-state index contributed by atoms with van der Waals surface area (Å²) in [5.74, 6) is 0.626. The molecule has 5 nitrogen and oxygen atoms in total. The van der Waals surface area contributed by atoms with Crippen LogP contribution in [0.3, 0.4) is 0 Å². The topological polar surface area (TPSA) is 71.0 Å². The summed E-state index contributed by atoms with van der Waals surface area (Å²) in [5.41, 5.74) is 3.57. The van der Waals surface area contributed by atoms with Crippen molar-refractivity contribution in [2.45, 2.75) is 37.2 Å². The van der Waals surface area contributed by atoms with E-state index in [0.29, 0.717) is 17.2 Å². The Morgan fingerprint density at radius 1 is 1.21 bits per heavy atom. The second-order valence-electron chi connectivity index (χ2n) is 7.00. The summed E-state index contributed by atoms with van der Waals surface area (Å²) in [4.78, 5) is 3.23. The Morgan fingerprint density at radius 3 is 2.83 bits per heavy atom. The third-order valence-corrected chi connectivity index (χ3v) is 5.56. The zero-order valence-electron chi connectivity index (χ0n) is 13.3. The first-order chi connectivity index (χ1) is 11.7. The fourth-order valence-electron chi connectivity index (χ4n) is 4.07. The lowest BCUT2D eigenvalue weighted by atomic mass is 9.75. The Bertz CT molecular complexity index is 914. The molecule has 1 saturated carbocycles. The van der Waals surface area contributed by atoms with Crippen molar-refractivity contribution in [3.63, 3.8) is 0 Å². The predicted molar refractivity (Wildman–Crippen MR) is 90.9 cm³/mol. The number of phenolic OH excluding ortho intramolecular Hbond substituents is 1. The molecule has 3 heterocycles. The lowest BCUT2D eigenvalue weighted by Crippen LogP contribution is -2.35. The van der Waals surface area contributed by atoms with Gasteiger partial charge in [-0.3, -0.25) is 0 Å². The van der Waals surface area contributed by atoms with Crippen LogP contribution in [0.4, 0.5) is 0 Å². The van der Waals surface area contributed by atoms with Crippen molar-refractivity contribution in [3.8, 4) is 17.0 Å². The van der Waals surface area contributed by atoms with E-state index in [1.165, 1.54) is 24.8 Å². The third-order valence-electron chi connectivity index (χ3n) is 5.56. The lowest BCUT2D eigenvalue weighted by Gasteiger charge is -2.37. The van der Waals surface area contributed by atoms with Crippen LogP contribution in [0, 0.1) is 0 Å². The van der Waals surface area contributed by atoms with Crippen molar-refractivity contribution in [2.24, 2.45) is 0 Å². The molecule has 24 heavy (non-hydrogen) atoms. The van der Waals surface area contributed by atoms with Gasteiger partial charge in [-0.05, 0) is 49.4 Å². The number of para-hydroxylation sites is 1. The van der Waals surface area contributed by atoms with Crippen LogP contribution in [-0.4, -0.2) is 32.5 Å². The van der Waals surface area contributed by atoms with Gasteiger partial charge >= 0.3 is 0 Å². The maximum absolute atomic E-state index is 10.1. The monoisotopic (exact) mass is 321 g/mol. The summed E-state index contributed by atoms with van der Waals surface area (Å²) in [6, 6.07) is 9.25. The smallest absolute Gasteiger partial charge is 0.160 e. The van der Waals surface area contributed by atoms with Gasteiger partial charge in [0.15, 0.2) is 5.65 Å². The molecule has 3 aromatic rings. The largest absolute Gasteiger partial charge is 0.507 e. The van der Waals surface area contributed by atoms with Crippen LogP contribution < -0.4 is 0 Å². The van der Waals surface area contributed by atoms with Gasteiger partial charge in [-0.25, -0.2) is 0 Å². The van der Waals surface area contributed by atoms with Gasteiger partial charge in [0, 0.05) is 23.1 Å². The van der Waals surface area contributed by atoms with E-state index in [1.807, 2.05) is 24.4 Å². The molecule has 0 amide bonds. The Hall–Kier alpha value is -2.40. The number of rotatable bonds is 2. The molecule has 5 heteroatoms. The zero-order valence-corrected chi connectivity index (χ0v) is 13.3. The van der Waals surface area contributed by atoms with E-state index in [-0.39, 0.29) is 11.4 Å². The summed E-state index contributed by atoms with van der Waals surface area (Å²) < 4.78 is 6.11. The molecule has 5 rings (SSSR count). The van der Waals surface area contributed by atoms with Crippen LogP contribution in [0.25, 0.3) is 22.3 Å². The average Bonchev–Trinajstić information content (AvgIpc) is 3.18. The minimum Gasteiger partial charge on any atom is -0.507 e. The SMILES string of the molecule is Oc1ccccc1-c1cc2c([C@@H]3COC4(CCC4)C3)c[nH]c2nn1. The highest BCUT2D eigenvalue weighted by Gasteiger charge is 2.45. The van der Waals surface area contributed by atoms with Crippen LogP contribution in [-0.2, 0) is 4.74 Å². The Labute approximate surface area is 139 Å². The second kappa shape index (κ2) is 5.05. The molecule has 1 saturated heterocycles. The molecule has 2 fully saturated rings. The zero-order chi connectivity index (χ0) is 16.1. The van der Waals surface area contributed by atoms with Gasteiger partial charge < -0.3 is 14.8 Å². The van der Waals surface area contributed by atoms with Gasteiger partial charge in [-0.1, -0.05) is 12.1 Å². The number of hydrogen-bond donors (Lipinski definition) is 2. The van der Waals surface area contributed by atoms with E-state index in [4.69, 9.17) is 4.74 Å². The molecule has 1 aliphatic heterocycles. The molecule has 0 bridgehead atoms. The highest BCUT2D eigenvalue weighted by Crippen LogP contribution is 2.49. The van der Waals surface area contributed by atoms with Crippen molar-refractivity contribution < 1.29 is 9.84 Å². The molecule has 122 valence electrons. The van der Waals surface area contributed by atoms with Crippen molar-refractivity contribution >= 4 is 11.0 Å². The van der Waals surface area contributed by atoms with Crippen molar-refractivity contribution in [3.05, 3.63) is 42.1 Å². The van der Waals surface area contributed by atoms with Crippen LogP contribution >= 0.6 is 0 Å². The van der Waals surface area contributed by atoms with Gasteiger partial charge in [0.1, 0.15) is 5.75 Å². The maximum atomic E-state index is 10.1. The second-order valence-corrected chi connectivity index (χ2v) is 7.00. The summed E-state index contributed by atoms with van der Waals surface area (Å²) in [6.07, 6.45) is 6.79. The fourth-order valence-corrected chi connectivity index (χ4v) is 4.07. The van der Waals surface area contributed by atoms with E-state index < -0.39 is 0 Å². The van der Waals surface area contributed by atoms with Gasteiger partial charge in [-0.15, -0.1) is 10.2 Å². The standard InChI is InChI=1S/C19H19N3O2/c23-17-5-2-1-4-13(17)16-8-14-15(10-20-18(14)22-21-16)12-9-19(24-11-12)6-3-7-19/h1-2,4-5,8,10,12,23H,3,6-7,9,11H2,(H,20,22)/t12-/m0/s1. The predicted octanol–water partition coefficient (Wildman–Crippen LogP) is 3.76. The summed E-state index contributed by atoms with van der Waals surface area (Å²) in [7, 11) is 0. The molecule has 2 aliphatic rings. The molecular weight excluding hydrogens is 302 g/mol. The molecule has 0 unspecified atom stereocenters. The molecule has 1 aliphatic carbocycles. The van der Waals surface area contributed by atoms with Gasteiger partial charge in [-0.2, -0.15) is 0 Å². The normalized spacial score (nSPS) is 22.1. The molecule has 1 aromatic carbocycles. The highest BCUT2D eigenvalue weighted by atomic mass is 16.5. The van der Waals surface area contributed by atoms with E-state index in [2.05, 4.69) is 15.2 Å². The number of benzene rings is 1. The molecule has 1 spiro atoms. The van der Waals surface area contributed by atoms with E-state index in [0.717, 1.165) is 24.1 Å². The van der Waals surface area contributed by atoms with Crippen LogP contribution in [0.2, 0.25) is 0 Å². The summed E-state index contributed by atoms with van der Waals surface area (Å²) in [6.45, 7) is 0.779. The molecule has 1 atom stereocenters. The molecule has 2 aromatic heterocycles. The van der Waals surface area contributed by atoms with Crippen molar-refractivity contribution in [1.29, 1.82) is 0 Å². The number of nitrogens with zero attached hydrogens (tertiary/aromatic N) is 2. The number of aromatic hydroxyl groups is 1. The fraction of sp³-hybridized carbons (Fsp3) is 0.368. The Kier molecular flexibility index (Phi) is 2.94. The summed E-state index contributed by atoms with van der Waals surface area (Å²) in [5, 5.41) is 19.7. The minimum atomic E-state index is 0.134. The number of aromatic amines is 1. The first kappa shape index (κ1) is 14.0. The third kappa shape index (κ3) is 2.04. The molecule has 0 radical (unpaired) electrons. The molecule has 2 N–H and O–H groups in total. The minimum absolute atomic E-state index is 0.134. The average molecular weight is 321 g/mol. The van der Waals surface area contributed by atoms with Crippen LogP contribution in [0.5, 0.6) is 5.75 Å². The number of nitrogens with one attached hydrogen (secondary N) is 1. The number of H-pyrrole nitrogens is 1. The van der Waals surface area contributed by atoms with Crippen molar-refractivity contribution in [2.75, 3.05) is 6.61 Å². The van der Waals surface area contributed by atoms with E-state index in [1.54, 1.807) is 12.1 Å². The number of phenols is 1. The van der Waals surface area contributed by atoms with Gasteiger partial charge in [0.2, 0.25) is 0 Å². The van der Waals surface area contributed by atoms with Gasteiger partial charge in [0.05, 0.1) is 17.9 Å². The van der Waals surface area contributed by atoms with E-state index >= 15 is 0 Å². The number of hydrogen-bond acceptors (Lipinski definition) is 4. The number of fused-ring (bicyclic) bond motifs is 1. The molecular formula is C19H19N3O2. The first-order valence-electron chi connectivity index (χ1n) is 8.51. The van der Waals surface area contributed by atoms with Crippen LogP contribution in [0.1, 0.15) is 37.2 Å². The van der Waals surface area contributed by atoms with Gasteiger partial charge in [0.25, 0.3) is 0 Å². The lowest BCUT2D eigenvalue weighted by molar-refractivity contribution is -0.0562. The maximum Gasteiger partial charge on any atom is 0.160 e. The number of aromatic nitrogens is 3.